The second kappa shape index (κ2) is 5.49. The van der Waals surface area contributed by atoms with E-state index in [0.717, 1.165) is 12.1 Å². The lowest BCUT2D eigenvalue weighted by Gasteiger charge is -2.05. The number of rotatable bonds is 4. The molecule has 0 spiro atoms. The zero-order chi connectivity index (χ0) is 14.9. The number of aromatic nitrogens is 3. The minimum Gasteiger partial charge on any atom is -0.382 e. The number of carbonyl (C=O) groups is 1. The molecule has 2 rings (SSSR count). The molecule has 0 aliphatic rings. The highest BCUT2D eigenvalue weighted by Crippen LogP contribution is 2.27. The predicted octanol–water partition coefficient (Wildman–Crippen LogP) is 1.34. The Balaban J connectivity index is 2.23. The summed E-state index contributed by atoms with van der Waals surface area (Å²) in [5, 5.41) is 7.83. The van der Waals surface area contributed by atoms with E-state index in [9.17, 15) is 4.79 Å². The van der Waals surface area contributed by atoms with Crippen molar-refractivity contribution in [1.29, 1.82) is 0 Å². The van der Waals surface area contributed by atoms with Crippen molar-refractivity contribution in [1.82, 2.24) is 14.8 Å². The van der Waals surface area contributed by atoms with Gasteiger partial charge in [0.25, 0.3) is 5.91 Å². The molecule has 3 N–H and O–H groups in total. The summed E-state index contributed by atoms with van der Waals surface area (Å²) < 4.78 is 1.68. The largest absolute Gasteiger partial charge is 0.382 e. The molecule has 0 aliphatic heterocycles. The molecule has 2 heterocycles. The van der Waals surface area contributed by atoms with Crippen LogP contribution in [0.4, 0.5) is 16.6 Å². The van der Waals surface area contributed by atoms with E-state index in [0.29, 0.717) is 15.7 Å². The fourth-order valence-electron chi connectivity index (χ4n) is 1.75. The van der Waals surface area contributed by atoms with Crippen LogP contribution in [0.25, 0.3) is 0 Å². The molecule has 1 amide bonds. The number of nitrogen functional groups attached to an aromatic ring is 1. The van der Waals surface area contributed by atoms with Gasteiger partial charge in [-0.15, -0.1) is 0 Å². The predicted molar refractivity (Wildman–Crippen MR) is 81.4 cm³/mol. The van der Waals surface area contributed by atoms with Crippen LogP contribution >= 0.6 is 11.3 Å². The van der Waals surface area contributed by atoms with Crippen molar-refractivity contribution in [2.75, 3.05) is 30.0 Å². The van der Waals surface area contributed by atoms with Crippen LogP contribution < -0.4 is 16.0 Å². The summed E-state index contributed by atoms with van der Waals surface area (Å²) >= 11 is 1.27. The van der Waals surface area contributed by atoms with Crippen molar-refractivity contribution in [3.05, 3.63) is 16.8 Å². The van der Waals surface area contributed by atoms with Gasteiger partial charge in [0, 0.05) is 27.3 Å². The maximum Gasteiger partial charge on any atom is 0.269 e. The highest BCUT2D eigenvalue weighted by Gasteiger charge is 2.19. The highest BCUT2D eigenvalue weighted by atomic mass is 32.1. The molecule has 7 nitrogen and oxygen atoms in total. The number of amides is 1. The maximum absolute atomic E-state index is 12.3. The quantitative estimate of drug-likeness (QED) is 0.888. The molecule has 108 valence electrons. The Morgan fingerprint density at radius 1 is 1.55 bits per heavy atom. The molecular formula is C12H18N6OS. The van der Waals surface area contributed by atoms with E-state index >= 15 is 0 Å². The first-order chi connectivity index (χ1) is 9.42. The number of nitrogens with two attached hydrogens (primary N) is 1. The SMILES string of the molecule is CCc1nn(C)cc1NC(=O)c1sc(N(C)C)nc1N. The average Bonchev–Trinajstić information content (AvgIpc) is 2.92. The normalized spacial score (nSPS) is 10.6. The first-order valence-corrected chi connectivity index (χ1v) is 7.01. The fourth-order valence-corrected chi connectivity index (χ4v) is 2.56. The van der Waals surface area contributed by atoms with Gasteiger partial charge in [0.05, 0.1) is 11.4 Å². The van der Waals surface area contributed by atoms with Gasteiger partial charge in [0.1, 0.15) is 10.7 Å². The molecule has 0 atom stereocenters. The lowest BCUT2D eigenvalue weighted by Crippen LogP contribution is -2.12. The van der Waals surface area contributed by atoms with Crippen LogP contribution in [0.1, 0.15) is 22.3 Å². The molecule has 0 saturated carbocycles. The van der Waals surface area contributed by atoms with Gasteiger partial charge in [-0.2, -0.15) is 5.10 Å². The topological polar surface area (TPSA) is 89.1 Å². The molecule has 0 radical (unpaired) electrons. The molecule has 2 aromatic heterocycles. The second-order valence-electron chi connectivity index (χ2n) is 4.58. The smallest absolute Gasteiger partial charge is 0.269 e. The van der Waals surface area contributed by atoms with Crippen LogP contribution in [-0.2, 0) is 13.5 Å². The van der Waals surface area contributed by atoms with E-state index in [1.807, 2.05) is 33.0 Å². The van der Waals surface area contributed by atoms with Crippen molar-refractivity contribution in [3.8, 4) is 0 Å². The number of nitrogens with zero attached hydrogens (tertiary/aromatic N) is 4. The number of hydrogen-bond acceptors (Lipinski definition) is 6. The Hall–Kier alpha value is -2.09. The van der Waals surface area contributed by atoms with Gasteiger partial charge in [-0.1, -0.05) is 18.3 Å². The minimum atomic E-state index is -0.254. The standard InChI is InChI=1S/C12H18N6OS/c1-5-7-8(6-18(4)16-7)14-11(19)9-10(13)15-12(20-9)17(2)3/h6H,5,13H2,1-4H3,(H,14,19). The summed E-state index contributed by atoms with van der Waals surface area (Å²) in [6.45, 7) is 1.99. The molecule has 0 aromatic carbocycles. The van der Waals surface area contributed by atoms with Crippen molar-refractivity contribution < 1.29 is 4.79 Å². The summed E-state index contributed by atoms with van der Waals surface area (Å²) in [6.07, 6.45) is 2.53. The lowest BCUT2D eigenvalue weighted by atomic mass is 10.3. The third kappa shape index (κ3) is 2.74. The van der Waals surface area contributed by atoms with Crippen molar-refractivity contribution in [2.45, 2.75) is 13.3 Å². The molecule has 0 unspecified atom stereocenters. The van der Waals surface area contributed by atoms with E-state index in [1.165, 1.54) is 11.3 Å². The van der Waals surface area contributed by atoms with Crippen LogP contribution in [0.15, 0.2) is 6.20 Å². The Morgan fingerprint density at radius 2 is 2.25 bits per heavy atom. The van der Waals surface area contributed by atoms with Crippen LogP contribution in [-0.4, -0.2) is 34.8 Å². The summed E-state index contributed by atoms with van der Waals surface area (Å²) in [6, 6.07) is 0. The van der Waals surface area contributed by atoms with Gasteiger partial charge in [0.15, 0.2) is 5.13 Å². The molecular weight excluding hydrogens is 276 g/mol. The van der Waals surface area contributed by atoms with Gasteiger partial charge >= 0.3 is 0 Å². The zero-order valence-corrected chi connectivity index (χ0v) is 12.8. The fraction of sp³-hybridized carbons (Fsp3) is 0.417. The Bertz CT molecular complexity index is 630. The first-order valence-electron chi connectivity index (χ1n) is 6.19. The number of thiazole rings is 1. The van der Waals surface area contributed by atoms with Crippen LogP contribution in [0.2, 0.25) is 0 Å². The van der Waals surface area contributed by atoms with E-state index in [2.05, 4.69) is 15.4 Å². The van der Waals surface area contributed by atoms with Crippen LogP contribution in [0.3, 0.4) is 0 Å². The number of hydrogen-bond donors (Lipinski definition) is 2. The van der Waals surface area contributed by atoms with Crippen molar-refractivity contribution >= 4 is 33.9 Å². The second-order valence-corrected chi connectivity index (χ2v) is 5.55. The summed E-state index contributed by atoms with van der Waals surface area (Å²) in [5.74, 6) is -0.00561. The third-order valence-corrected chi connectivity index (χ3v) is 3.96. The summed E-state index contributed by atoms with van der Waals surface area (Å²) in [4.78, 5) is 18.7. The van der Waals surface area contributed by atoms with Gasteiger partial charge < -0.3 is 16.0 Å². The highest BCUT2D eigenvalue weighted by molar-refractivity contribution is 7.18. The molecule has 20 heavy (non-hydrogen) atoms. The third-order valence-electron chi connectivity index (χ3n) is 2.72. The first kappa shape index (κ1) is 14.3. The number of carbonyl (C=O) groups excluding carboxylic acids is 1. The molecule has 0 bridgehead atoms. The number of nitrogens with one attached hydrogen (secondary N) is 1. The molecule has 0 fully saturated rings. The lowest BCUT2D eigenvalue weighted by molar-refractivity contribution is 0.103. The molecule has 0 aliphatic carbocycles. The van der Waals surface area contributed by atoms with Gasteiger partial charge in [0.2, 0.25) is 0 Å². The molecule has 0 saturated heterocycles. The Morgan fingerprint density at radius 3 is 2.80 bits per heavy atom. The zero-order valence-electron chi connectivity index (χ0n) is 12.0. The molecule has 8 heteroatoms. The Labute approximate surface area is 121 Å². The van der Waals surface area contributed by atoms with Gasteiger partial charge in [-0.05, 0) is 6.42 Å². The Kier molecular flexibility index (Phi) is 3.93. The van der Waals surface area contributed by atoms with Gasteiger partial charge in [-0.3, -0.25) is 9.48 Å². The summed E-state index contributed by atoms with van der Waals surface area (Å²) in [7, 11) is 5.53. The maximum atomic E-state index is 12.3. The minimum absolute atomic E-state index is 0.248. The van der Waals surface area contributed by atoms with Crippen LogP contribution in [0, 0.1) is 0 Å². The van der Waals surface area contributed by atoms with Crippen LogP contribution in [0.5, 0.6) is 0 Å². The van der Waals surface area contributed by atoms with Crippen molar-refractivity contribution in [3.63, 3.8) is 0 Å². The monoisotopic (exact) mass is 294 g/mol. The summed E-state index contributed by atoms with van der Waals surface area (Å²) in [5.41, 5.74) is 7.35. The van der Waals surface area contributed by atoms with E-state index in [4.69, 9.17) is 5.73 Å². The number of aryl methyl sites for hydroxylation is 2. The van der Waals surface area contributed by atoms with E-state index in [1.54, 1.807) is 10.9 Å². The van der Waals surface area contributed by atoms with E-state index in [-0.39, 0.29) is 11.7 Å². The number of anilines is 3. The van der Waals surface area contributed by atoms with Crippen molar-refractivity contribution in [2.24, 2.45) is 7.05 Å². The van der Waals surface area contributed by atoms with Gasteiger partial charge in [-0.25, -0.2) is 4.98 Å². The average molecular weight is 294 g/mol. The molecule has 2 aromatic rings. The van der Waals surface area contributed by atoms with E-state index < -0.39 is 0 Å².